The van der Waals surface area contributed by atoms with Crippen molar-refractivity contribution in [3.8, 4) is 0 Å². The molecule has 4 rings (SSSR count). The Morgan fingerprint density at radius 2 is 1.22 bits per heavy atom. The van der Waals surface area contributed by atoms with E-state index >= 15 is 0 Å². The molecule has 0 aliphatic heterocycles. The SMILES string of the molecule is CC(CCC(=O)OC(C(F)(F)F)C(F)(F)F)[C@H]1CC[C@H]2[C@@H]3C[C@@H](OC(=O)C(F)(F)F)[C@@H]4C[C@H](OC(=O)C(F)(F)F)CC[C@]4(C)[C@H]3CC[C@]12C. The van der Waals surface area contributed by atoms with Crippen molar-refractivity contribution in [1.29, 1.82) is 0 Å². The summed E-state index contributed by atoms with van der Waals surface area (Å²) in [5, 5.41) is 0. The lowest BCUT2D eigenvalue weighted by molar-refractivity contribution is -0.313. The predicted molar refractivity (Wildman–Crippen MR) is 143 cm³/mol. The molecule has 4 saturated carbocycles. The van der Waals surface area contributed by atoms with Crippen LogP contribution in [0.2, 0.25) is 0 Å². The lowest BCUT2D eigenvalue weighted by Crippen LogP contribution is -2.59. The Labute approximate surface area is 273 Å². The van der Waals surface area contributed by atoms with Gasteiger partial charge in [-0.1, -0.05) is 20.8 Å². The maximum atomic E-state index is 13.4. The summed E-state index contributed by atoms with van der Waals surface area (Å²) in [4.78, 5) is 35.7. The topological polar surface area (TPSA) is 78.9 Å². The Balaban J connectivity index is 1.51. The van der Waals surface area contributed by atoms with E-state index in [1.807, 2.05) is 13.8 Å². The average Bonchev–Trinajstić information content (AvgIpc) is 3.30. The van der Waals surface area contributed by atoms with Crippen molar-refractivity contribution >= 4 is 17.9 Å². The summed E-state index contributed by atoms with van der Waals surface area (Å²) < 4.78 is 169. The fourth-order valence-electron chi connectivity index (χ4n) is 9.92. The predicted octanol–water partition coefficient (Wildman–Crippen LogP) is 8.66. The summed E-state index contributed by atoms with van der Waals surface area (Å²) in [7, 11) is 0. The van der Waals surface area contributed by atoms with Gasteiger partial charge in [0.1, 0.15) is 12.2 Å². The fourth-order valence-corrected chi connectivity index (χ4v) is 9.92. The summed E-state index contributed by atoms with van der Waals surface area (Å²) in [6.45, 7) is 5.49. The zero-order chi connectivity index (χ0) is 37.1. The number of fused-ring (bicyclic) bond motifs is 5. The van der Waals surface area contributed by atoms with Crippen LogP contribution >= 0.6 is 0 Å². The van der Waals surface area contributed by atoms with E-state index in [0.29, 0.717) is 25.7 Å². The maximum Gasteiger partial charge on any atom is 0.490 e. The monoisotopic (exact) mass is 734 g/mol. The minimum absolute atomic E-state index is 0.0131. The number of esters is 3. The third kappa shape index (κ3) is 8.06. The largest absolute Gasteiger partial charge is 0.490 e. The molecule has 49 heavy (non-hydrogen) atoms. The van der Waals surface area contributed by atoms with Crippen LogP contribution in [0.3, 0.4) is 0 Å². The van der Waals surface area contributed by atoms with Crippen LogP contribution in [0.15, 0.2) is 0 Å². The summed E-state index contributed by atoms with van der Waals surface area (Å²) >= 11 is 0. The van der Waals surface area contributed by atoms with E-state index in [-0.39, 0.29) is 61.7 Å². The van der Waals surface area contributed by atoms with Gasteiger partial charge in [0.15, 0.2) is 0 Å². The molecule has 0 N–H and O–H groups in total. The molecule has 0 radical (unpaired) electrons. The number of hydrogen-bond donors (Lipinski definition) is 0. The van der Waals surface area contributed by atoms with Crippen molar-refractivity contribution in [1.82, 2.24) is 0 Å². The van der Waals surface area contributed by atoms with Crippen molar-refractivity contribution in [3.05, 3.63) is 0 Å². The minimum atomic E-state index is -5.85. The van der Waals surface area contributed by atoms with Crippen molar-refractivity contribution in [2.75, 3.05) is 0 Å². The molecule has 0 amide bonds. The fraction of sp³-hybridized carbons (Fsp3) is 0.903. The molecule has 4 aliphatic carbocycles. The lowest BCUT2D eigenvalue weighted by atomic mass is 9.43. The molecule has 4 aliphatic rings. The number of alkyl halides is 12. The second-order valence-electron chi connectivity index (χ2n) is 14.7. The molecule has 18 heteroatoms. The molecule has 0 aromatic heterocycles. The van der Waals surface area contributed by atoms with E-state index in [2.05, 4.69) is 9.47 Å². The van der Waals surface area contributed by atoms with E-state index in [1.54, 1.807) is 6.92 Å². The van der Waals surface area contributed by atoms with Gasteiger partial charge >= 0.3 is 42.6 Å². The van der Waals surface area contributed by atoms with Gasteiger partial charge in [-0.05, 0) is 98.2 Å². The summed E-state index contributed by atoms with van der Waals surface area (Å²) in [6.07, 6.45) is -27.8. The number of rotatable bonds is 7. The first-order valence-electron chi connectivity index (χ1n) is 16.1. The maximum absolute atomic E-state index is 13.4. The van der Waals surface area contributed by atoms with Crippen LogP contribution in [0.25, 0.3) is 0 Å². The van der Waals surface area contributed by atoms with E-state index < -0.39 is 84.1 Å². The highest BCUT2D eigenvalue weighted by Crippen LogP contribution is 2.69. The van der Waals surface area contributed by atoms with Gasteiger partial charge in [-0.15, -0.1) is 0 Å². The first kappa shape index (κ1) is 39.4. The molecule has 0 spiro atoms. The molecule has 10 atom stereocenters. The smallest absolute Gasteiger partial charge is 0.456 e. The number of hydrogen-bond acceptors (Lipinski definition) is 6. The normalized spacial score (nSPS) is 35.9. The molecule has 0 aromatic rings. The van der Waals surface area contributed by atoms with E-state index in [1.165, 1.54) is 0 Å². The third-order valence-corrected chi connectivity index (χ3v) is 12.0. The van der Waals surface area contributed by atoms with E-state index in [0.717, 1.165) is 0 Å². The van der Waals surface area contributed by atoms with Gasteiger partial charge in [0.05, 0.1) is 0 Å². The van der Waals surface area contributed by atoms with Crippen molar-refractivity contribution in [2.45, 2.75) is 128 Å². The summed E-state index contributed by atoms with van der Waals surface area (Å²) in [5.74, 6) is -8.47. The zero-order valence-electron chi connectivity index (χ0n) is 26.8. The first-order chi connectivity index (χ1) is 22.2. The van der Waals surface area contributed by atoms with Gasteiger partial charge < -0.3 is 14.2 Å². The quantitative estimate of drug-likeness (QED) is 0.148. The van der Waals surface area contributed by atoms with Gasteiger partial charge in [0.25, 0.3) is 6.10 Å². The van der Waals surface area contributed by atoms with Gasteiger partial charge in [0.2, 0.25) is 0 Å². The summed E-state index contributed by atoms with van der Waals surface area (Å²) in [5.41, 5.74) is -1.28. The van der Waals surface area contributed by atoms with Gasteiger partial charge in [-0.3, -0.25) is 4.79 Å². The molecule has 282 valence electrons. The molecule has 4 fully saturated rings. The van der Waals surface area contributed by atoms with Crippen LogP contribution in [-0.4, -0.2) is 60.9 Å². The number of ether oxygens (including phenoxy) is 3. The van der Waals surface area contributed by atoms with Crippen molar-refractivity contribution in [2.24, 2.45) is 46.3 Å². The highest BCUT2D eigenvalue weighted by atomic mass is 19.4. The molecule has 6 nitrogen and oxygen atoms in total. The van der Waals surface area contributed by atoms with Crippen LogP contribution in [0.4, 0.5) is 52.7 Å². The molecule has 1 unspecified atom stereocenters. The average molecular weight is 735 g/mol. The molecule has 0 bridgehead atoms. The second kappa shape index (κ2) is 13.3. The Kier molecular flexibility index (Phi) is 10.7. The Bertz CT molecular complexity index is 1230. The van der Waals surface area contributed by atoms with Crippen LogP contribution in [0, 0.1) is 46.3 Å². The Morgan fingerprint density at radius 3 is 1.78 bits per heavy atom. The lowest BCUT2D eigenvalue weighted by Gasteiger charge is -2.62. The second-order valence-corrected chi connectivity index (χ2v) is 14.7. The van der Waals surface area contributed by atoms with Crippen LogP contribution in [0.1, 0.15) is 85.0 Å². The van der Waals surface area contributed by atoms with E-state index in [9.17, 15) is 67.1 Å². The molecular formula is C31H38F12O6. The molecule has 0 heterocycles. The number of carbonyl (C=O) groups excluding carboxylic acids is 3. The highest BCUT2D eigenvalue weighted by molar-refractivity contribution is 5.76. The molecule has 0 aromatic carbocycles. The van der Waals surface area contributed by atoms with E-state index in [4.69, 9.17) is 4.74 Å². The van der Waals surface area contributed by atoms with Crippen LogP contribution in [0.5, 0.6) is 0 Å². The van der Waals surface area contributed by atoms with Crippen molar-refractivity contribution in [3.63, 3.8) is 0 Å². The van der Waals surface area contributed by atoms with Crippen LogP contribution in [-0.2, 0) is 28.6 Å². The highest BCUT2D eigenvalue weighted by Gasteiger charge is 2.64. The molecular weight excluding hydrogens is 696 g/mol. The van der Waals surface area contributed by atoms with Gasteiger partial charge in [-0.25, -0.2) is 9.59 Å². The minimum Gasteiger partial charge on any atom is -0.456 e. The van der Waals surface area contributed by atoms with Gasteiger partial charge in [-0.2, -0.15) is 52.7 Å². The standard InChI is InChI=1S/C31H38F12O6/c1-14(4-7-22(44)49-23(28(32,33)34)29(35,36)37)17-5-6-18-16-13-21(48-25(46)31(41,42)43)20-12-15(47-24(45)30(38,39)40)8-10-27(20,3)19(16)9-11-26(17,18)2/h14-21,23H,4-13H2,1-3H3/t14?,15-,16+,17-,18+,19+,20+,21-,26-,27-/m1/s1. The van der Waals surface area contributed by atoms with Crippen LogP contribution < -0.4 is 0 Å². The Morgan fingerprint density at radius 1 is 0.694 bits per heavy atom. The Hall–Kier alpha value is -2.43. The van der Waals surface area contributed by atoms with Crippen molar-refractivity contribution < 1.29 is 81.3 Å². The number of halogens is 12. The molecule has 0 saturated heterocycles. The zero-order valence-corrected chi connectivity index (χ0v) is 26.8. The summed E-state index contributed by atoms with van der Waals surface area (Å²) in [6, 6.07) is 0. The van der Waals surface area contributed by atoms with Gasteiger partial charge in [0, 0.05) is 12.3 Å². The third-order valence-electron chi connectivity index (χ3n) is 12.0. The number of carbonyl (C=O) groups is 3. The first-order valence-corrected chi connectivity index (χ1v) is 16.1.